The summed E-state index contributed by atoms with van der Waals surface area (Å²) in [5.41, 5.74) is -0.109. The van der Waals surface area contributed by atoms with Crippen LogP contribution in [0.2, 0.25) is 0 Å². The number of ether oxygens (including phenoxy) is 1. The molecule has 0 saturated carbocycles. The minimum absolute atomic E-state index is 0.109. The van der Waals surface area contributed by atoms with Crippen molar-refractivity contribution < 1.29 is 9.53 Å². The number of carbonyl (C=O) groups is 1. The smallest absolute Gasteiger partial charge is 0.236 e. The van der Waals surface area contributed by atoms with Crippen LogP contribution in [0.1, 0.15) is 40.0 Å². The normalized spacial score (nSPS) is 27.4. The van der Waals surface area contributed by atoms with Crippen LogP contribution in [0, 0.1) is 0 Å². The minimum atomic E-state index is -0.109. The summed E-state index contributed by atoms with van der Waals surface area (Å²) in [5.74, 6) is 0.287. The van der Waals surface area contributed by atoms with Crippen LogP contribution < -0.4 is 0 Å². The van der Waals surface area contributed by atoms with E-state index in [1.54, 1.807) is 0 Å². The van der Waals surface area contributed by atoms with Gasteiger partial charge in [-0.15, -0.1) is 0 Å². The van der Waals surface area contributed by atoms with Crippen molar-refractivity contribution >= 4 is 5.91 Å². The van der Waals surface area contributed by atoms with Gasteiger partial charge in [0.1, 0.15) is 0 Å². The molecule has 2 rings (SSSR count). The summed E-state index contributed by atoms with van der Waals surface area (Å²) in [6.07, 6.45) is 3.06. The van der Waals surface area contributed by atoms with E-state index in [-0.39, 0.29) is 11.5 Å². The van der Waals surface area contributed by atoms with E-state index in [2.05, 4.69) is 42.5 Å². The standard InChI is InChI=1S/C17H33N3O2/c1-5-20(15-7-12-22-17(2,3)13-15)16(21)14-19-9-6-8-18(4)10-11-19/h15H,5-14H2,1-4H3/t15-/m0/s1. The first-order valence-corrected chi connectivity index (χ1v) is 8.75. The van der Waals surface area contributed by atoms with Gasteiger partial charge in [0, 0.05) is 32.3 Å². The molecule has 0 aromatic carbocycles. The van der Waals surface area contributed by atoms with Crippen molar-refractivity contribution in [3.63, 3.8) is 0 Å². The van der Waals surface area contributed by atoms with E-state index < -0.39 is 0 Å². The molecular weight excluding hydrogens is 278 g/mol. The molecule has 2 fully saturated rings. The summed E-state index contributed by atoms with van der Waals surface area (Å²) >= 11 is 0. The lowest BCUT2D eigenvalue weighted by Gasteiger charge is -2.41. The second-order valence-electron chi connectivity index (χ2n) is 7.37. The van der Waals surface area contributed by atoms with Crippen LogP contribution in [0.5, 0.6) is 0 Å². The van der Waals surface area contributed by atoms with Crippen LogP contribution in [0.3, 0.4) is 0 Å². The highest BCUT2D eigenvalue weighted by Crippen LogP contribution is 2.27. The van der Waals surface area contributed by atoms with Crippen molar-refractivity contribution in [1.82, 2.24) is 14.7 Å². The maximum Gasteiger partial charge on any atom is 0.236 e. The Bertz CT molecular complexity index is 373. The summed E-state index contributed by atoms with van der Waals surface area (Å²) in [4.78, 5) is 19.5. The lowest BCUT2D eigenvalue weighted by atomic mass is 9.92. The predicted molar refractivity (Wildman–Crippen MR) is 89.0 cm³/mol. The molecule has 0 radical (unpaired) electrons. The molecule has 0 aliphatic carbocycles. The maximum absolute atomic E-state index is 12.8. The summed E-state index contributed by atoms with van der Waals surface area (Å²) < 4.78 is 5.79. The summed E-state index contributed by atoms with van der Waals surface area (Å²) in [6, 6.07) is 0.330. The Morgan fingerprint density at radius 3 is 2.73 bits per heavy atom. The van der Waals surface area contributed by atoms with Crippen molar-refractivity contribution in [3.05, 3.63) is 0 Å². The number of amides is 1. The first-order valence-electron chi connectivity index (χ1n) is 8.75. The molecule has 5 heteroatoms. The number of likely N-dealkylation sites (N-methyl/N-ethyl adjacent to an activating group) is 2. The third-order valence-corrected chi connectivity index (χ3v) is 4.94. The van der Waals surface area contributed by atoms with Crippen LogP contribution in [-0.2, 0) is 9.53 Å². The van der Waals surface area contributed by atoms with Gasteiger partial charge >= 0.3 is 0 Å². The summed E-state index contributed by atoms with van der Waals surface area (Å²) in [5, 5.41) is 0. The van der Waals surface area contributed by atoms with Crippen molar-refractivity contribution in [1.29, 1.82) is 0 Å². The number of carbonyl (C=O) groups excluding carboxylic acids is 1. The molecule has 0 aromatic heterocycles. The Morgan fingerprint density at radius 1 is 1.27 bits per heavy atom. The van der Waals surface area contributed by atoms with Gasteiger partial charge in [0.05, 0.1) is 12.1 Å². The van der Waals surface area contributed by atoms with Gasteiger partial charge in [-0.2, -0.15) is 0 Å². The Balaban J connectivity index is 1.91. The fourth-order valence-corrected chi connectivity index (χ4v) is 3.64. The average Bonchev–Trinajstić information content (AvgIpc) is 2.63. The zero-order chi connectivity index (χ0) is 16.2. The Morgan fingerprint density at radius 2 is 2.05 bits per heavy atom. The molecule has 2 aliphatic rings. The second-order valence-corrected chi connectivity index (χ2v) is 7.37. The molecule has 128 valence electrons. The van der Waals surface area contributed by atoms with Gasteiger partial charge < -0.3 is 14.5 Å². The van der Waals surface area contributed by atoms with Crippen molar-refractivity contribution in [2.24, 2.45) is 0 Å². The summed E-state index contributed by atoms with van der Waals surface area (Å²) in [7, 11) is 2.16. The molecular formula is C17H33N3O2. The van der Waals surface area contributed by atoms with Gasteiger partial charge in [0.25, 0.3) is 0 Å². The second kappa shape index (κ2) is 7.75. The van der Waals surface area contributed by atoms with Crippen molar-refractivity contribution in [3.8, 4) is 0 Å². The van der Waals surface area contributed by atoms with E-state index in [1.165, 1.54) is 0 Å². The quantitative estimate of drug-likeness (QED) is 0.787. The SMILES string of the molecule is CCN(C(=O)CN1CCCN(C)CC1)[C@H]1CCOC(C)(C)C1. The number of nitrogens with zero attached hydrogens (tertiary/aromatic N) is 3. The van der Waals surface area contributed by atoms with Gasteiger partial charge in [-0.05, 0) is 60.2 Å². The lowest BCUT2D eigenvalue weighted by Crippen LogP contribution is -2.51. The van der Waals surface area contributed by atoms with E-state index in [4.69, 9.17) is 4.74 Å². The van der Waals surface area contributed by atoms with Crippen LogP contribution in [0.25, 0.3) is 0 Å². The monoisotopic (exact) mass is 311 g/mol. The van der Waals surface area contributed by atoms with E-state index in [9.17, 15) is 4.79 Å². The van der Waals surface area contributed by atoms with Gasteiger partial charge in [-0.1, -0.05) is 0 Å². The predicted octanol–water partition coefficient (Wildman–Crippen LogP) is 1.43. The number of hydrogen-bond acceptors (Lipinski definition) is 4. The maximum atomic E-state index is 12.8. The molecule has 2 saturated heterocycles. The number of rotatable bonds is 4. The van der Waals surface area contributed by atoms with Gasteiger partial charge in [-0.3, -0.25) is 9.69 Å². The van der Waals surface area contributed by atoms with Gasteiger partial charge in [0.15, 0.2) is 0 Å². The van der Waals surface area contributed by atoms with Crippen LogP contribution in [-0.4, -0.2) is 85.2 Å². The van der Waals surface area contributed by atoms with E-state index in [0.717, 1.165) is 58.6 Å². The largest absolute Gasteiger partial charge is 0.375 e. The molecule has 0 unspecified atom stereocenters. The fraction of sp³-hybridized carbons (Fsp3) is 0.941. The molecule has 2 aliphatic heterocycles. The third kappa shape index (κ3) is 4.93. The average molecular weight is 311 g/mol. The van der Waals surface area contributed by atoms with Gasteiger partial charge in [0.2, 0.25) is 5.91 Å². The van der Waals surface area contributed by atoms with Crippen LogP contribution in [0.15, 0.2) is 0 Å². The molecule has 22 heavy (non-hydrogen) atoms. The van der Waals surface area contributed by atoms with Gasteiger partial charge in [-0.25, -0.2) is 0 Å². The highest BCUT2D eigenvalue weighted by Gasteiger charge is 2.34. The van der Waals surface area contributed by atoms with Crippen molar-refractivity contribution in [2.75, 3.05) is 52.9 Å². The molecule has 1 atom stereocenters. The fourth-order valence-electron chi connectivity index (χ4n) is 3.64. The highest BCUT2D eigenvalue weighted by molar-refractivity contribution is 5.78. The zero-order valence-electron chi connectivity index (χ0n) is 14.8. The molecule has 1 amide bonds. The van der Waals surface area contributed by atoms with E-state index >= 15 is 0 Å². The molecule has 5 nitrogen and oxygen atoms in total. The zero-order valence-corrected chi connectivity index (χ0v) is 14.8. The Labute approximate surface area is 135 Å². The first-order chi connectivity index (χ1) is 10.4. The Hall–Kier alpha value is -0.650. The molecule has 2 heterocycles. The lowest BCUT2D eigenvalue weighted by molar-refractivity contribution is -0.141. The molecule has 0 aromatic rings. The highest BCUT2D eigenvalue weighted by atomic mass is 16.5. The third-order valence-electron chi connectivity index (χ3n) is 4.94. The molecule has 0 N–H and O–H groups in total. The van der Waals surface area contributed by atoms with Crippen LogP contribution >= 0.6 is 0 Å². The molecule has 0 spiro atoms. The van der Waals surface area contributed by atoms with Crippen LogP contribution in [0.4, 0.5) is 0 Å². The molecule has 0 bridgehead atoms. The van der Waals surface area contributed by atoms with E-state index in [1.807, 2.05) is 0 Å². The van der Waals surface area contributed by atoms with Crippen molar-refractivity contribution in [2.45, 2.75) is 51.7 Å². The number of hydrogen-bond donors (Lipinski definition) is 0. The topological polar surface area (TPSA) is 36.0 Å². The van der Waals surface area contributed by atoms with E-state index in [0.29, 0.717) is 12.6 Å². The first kappa shape index (κ1) is 17.7. The Kier molecular flexibility index (Phi) is 6.24. The summed E-state index contributed by atoms with van der Waals surface area (Å²) in [6.45, 7) is 12.7. The minimum Gasteiger partial charge on any atom is -0.375 e.